The Morgan fingerprint density at radius 1 is 0.897 bits per heavy atom. The summed E-state index contributed by atoms with van der Waals surface area (Å²) in [6, 6.07) is 12.8. The van der Waals surface area contributed by atoms with Gasteiger partial charge in [-0.2, -0.15) is 0 Å². The number of benzene rings is 2. The van der Waals surface area contributed by atoms with Crippen molar-refractivity contribution >= 4 is 12.0 Å². The lowest BCUT2D eigenvalue weighted by Gasteiger charge is -2.11. The van der Waals surface area contributed by atoms with Gasteiger partial charge in [0.15, 0.2) is 0 Å². The number of hydrogen-bond acceptors (Lipinski definition) is 6. The summed E-state index contributed by atoms with van der Waals surface area (Å²) in [5.41, 5.74) is 2.28. The molecular weight excluding hydrogens is 374 g/mol. The van der Waals surface area contributed by atoms with Crippen molar-refractivity contribution in [1.29, 1.82) is 0 Å². The molecule has 29 heavy (non-hydrogen) atoms. The van der Waals surface area contributed by atoms with Crippen LogP contribution >= 0.6 is 0 Å². The number of carbonyl (C=O) groups is 1. The van der Waals surface area contributed by atoms with Gasteiger partial charge < -0.3 is 18.9 Å². The molecule has 0 bridgehead atoms. The Bertz CT molecular complexity index is 788. The summed E-state index contributed by atoms with van der Waals surface area (Å²) in [6.45, 7) is 1.17. The molecule has 0 aliphatic heterocycles. The Balaban J connectivity index is 1.74. The molecule has 156 valence electrons. The summed E-state index contributed by atoms with van der Waals surface area (Å²) in [5, 5.41) is 8.59. The minimum absolute atomic E-state index is 0.530. The fraction of sp³-hybridized carbons (Fsp3) is 0.318. The SMILES string of the molecule is COc1ccc(OCCCCCOc2cc(OC)ccc2/C=C/C(=O)NO)cc1. The normalized spacial score (nSPS) is 10.6. The second kappa shape index (κ2) is 12.3. The number of hydroxylamine groups is 1. The van der Waals surface area contributed by atoms with Crippen molar-refractivity contribution in [2.45, 2.75) is 19.3 Å². The second-order valence-corrected chi connectivity index (χ2v) is 6.15. The zero-order valence-electron chi connectivity index (χ0n) is 16.7. The van der Waals surface area contributed by atoms with Gasteiger partial charge in [0.2, 0.25) is 0 Å². The Morgan fingerprint density at radius 3 is 2.17 bits per heavy atom. The van der Waals surface area contributed by atoms with E-state index < -0.39 is 5.91 Å². The van der Waals surface area contributed by atoms with Crippen LogP contribution in [0.2, 0.25) is 0 Å². The molecule has 0 unspecified atom stereocenters. The van der Waals surface area contributed by atoms with E-state index in [1.54, 1.807) is 44.0 Å². The van der Waals surface area contributed by atoms with E-state index in [9.17, 15) is 4.79 Å². The van der Waals surface area contributed by atoms with Gasteiger partial charge in [0.1, 0.15) is 23.0 Å². The quantitative estimate of drug-likeness (QED) is 0.243. The van der Waals surface area contributed by atoms with Crippen molar-refractivity contribution in [3.05, 3.63) is 54.1 Å². The minimum atomic E-state index is -0.608. The number of rotatable bonds is 12. The summed E-state index contributed by atoms with van der Waals surface area (Å²) in [4.78, 5) is 11.2. The monoisotopic (exact) mass is 401 g/mol. The van der Waals surface area contributed by atoms with E-state index in [4.69, 9.17) is 24.2 Å². The van der Waals surface area contributed by atoms with E-state index in [-0.39, 0.29) is 0 Å². The van der Waals surface area contributed by atoms with Crippen LogP contribution in [-0.2, 0) is 4.79 Å². The highest BCUT2D eigenvalue weighted by Gasteiger charge is 2.05. The molecule has 7 heteroatoms. The summed E-state index contributed by atoms with van der Waals surface area (Å²) >= 11 is 0. The molecular formula is C22H27NO6. The third-order valence-electron chi connectivity index (χ3n) is 4.12. The first-order valence-electron chi connectivity index (χ1n) is 9.36. The molecule has 0 saturated carbocycles. The van der Waals surface area contributed by atoms with Crippen molar-refractivity contribution < 1.29 is 28.9 Å². The van der Waals surface area contributed by atoms with Gasteiger partial charge in [-0.15, -0.1) is 0 Å². The molecule has 2 N–H and O–H groups in total. The first-order valence-corrected chi connectivity index (χ1v) is 9.36. The molecule has 1 amide bonds. The molecule has 0 spiro atoms. The number of methoxy groups -OCH3 is 2. The summed E-state index contributed by atoms with van der Waals surface area (Å²) in [6.07, 6.45) is 5.53. The highest BCUT2D eigenvalue weighted by atomic mass is 16.5. The Kier molecular flexibility index (Phi) is 9.38. The summed E-state index contributed by atoms with van der Waals surface area (Å²) in [5.74, 6) is 2.29. The molecule has 2 aromatic rings. The van der Waals surface area contributed by atoms with E-state index >= 15 is 0 Å². The lowest BCUT2D eigenvalue weighted by molar-refractivity contribution is -0.124. The highest BCUT2D eigenvalue weighted by Crippen LogP contribution is 2.26. The third kappa shape index (κ3) is 7.75. The maximum absolute atomic E-state index is 11.2. The molecule has 0 aliphatic carbocycles. The Morgan fingerprint density at radius 2 is 1.52 bits per heavy atom. The molecule has 0 aromatic heterocycles. The smallest absolute Gasteiger partial charge is 0.267 e. The maximum Gasteiger partial charge on any atom is 0.267 e. The lowest BCUT2D eigenvalue weighted by Crippen LogP contribution is -2.14. The van der Waals surface area contributed by atoms with E-state index in [2.05, 4.69) is 0 Å². The van der Waals surface area contributed by atoms with Crippen LogP contribution in [0.5, 0.6) is 23.0 Å². The lowest BCUT2D eigenvalue weighted by atomic mass is 10.1. The molecule has 0 fully saturated rings. The minimum Gasteiger partial charge on any atom is -0.497 e. The van der Waals surface area contributed by atoms with Gasteiger partial charge in [-0.1, -0.05) is 0 Å². The standard InChI is InChI=1S/C22H27NO6/c1-26-18-9-11-19(12-10-18)28-14-4-3-5-15-29-21-16-20(27-2)8-6-17(21)7-13-22(24)23-25/h6-13,16,25H,3-5,14-15H2,1-2H3,(H,23,24)/b13-7+. The topological polar surface area (TPSA) is 86.2 Å². The zero-order valence-corrected chi connectivity index (χ0v) is 16.7. The van der Waals surface area contributed by atoms with Gasteiger partial charge in [0.05, 0.1) is 27.4 Å². The van der Waals surface area contributed by atoms with Gasteiger partial charge in [0, 0.05) is 17.7 Å². The fourth-order valence-corrected chi connectivity index (χ4v) is 2.53. The number of ether oxygens (including phenoxy) is 4. The average Bonchev–Trinajstić information content (AvgIpc) is 2.77. The highest BCUT2D eigenvalue weighted by molar-refractivity contribution is 5.91. The Labute approximate surface area is 170 Å². The van der Waals surface area contributed by atoms with Gasteiger partial charge in [-0.25, -0.2) is 5.48 Å². The van der Waals surface area contributed by atoms with Crippen LogP contribution in [0.3, 0.4) is 0 Å². The summed E-state index contributed by atoms with van der Waals surface area (Å²) < 4.78 is 21.9. The van der Waals surface area contributed by atoms with E-state index in [1.165, 1.54) is 6.08 Å². The molecule has 2 rings (SSSR count). The molecule has 0 saturated heterocycles. The predicted molar refractivity (Wildman–Crippen MR) is 110 cm³/mol. The van der Waals surface area contributed by atoms with Crippen LogP contribution in [-0.4, -0.2) is 38.5 Å². The van der Waals surface area contributed by atoms with Crippen molar-refractivity contribution in [3.63, 3.8) is 0 Å². The van der Waals surface area contributed by atoms with Gasteiger partial charge in [0.25, 0.3) is 5.91 Å². The first kappa shape index (κ1) is 22.1. The molecule has 7 nitrogen and oxygen atoms in total. The Hall–Kier alpha value is -3.19. The zero-order chi connectivity index (χ0) is 20.9. The van der Waals surface area contributed by atoms with Crippen molar-refractivity contribution in [1.82, 2.24) is 5.48 Å². The molecule has 0 atom stereocenters. The molecule has 0 aliphatic rings. The van der Waals surface area contributed by atoms with Gasteiger partial charge in [-0.3, -0.25) is 10.0 Å². The van der Waals surface area contributed by atoms with Crippen LogP contribution in [0.4, 0.5) is 0 Å². The van der Waals surface area contributed by atoms with Gasteiger partial charge >= 0.3 is 0 Å². The average molecular weight is 401 g/mol. The maximum atomic E-state index is 11.2. The second-order valence-electron chi connectivity index (χ2n) is 6.15. The van der Waals surface area contributed by atoms with Crippen LogP contribution < -0.4 is 24.4 Å². The van der Waals surface area contributed by atoms with Gasteiger partial charge in [-0.05, 0) is 61.7 Å². The first-order chi connectivity index (χ1) is 14.2. The van der Waals surface area contributed by atoms with E-state index in [0.29, 0.717) is 24.7 Å². The summed E-state index contributed by atoms with van der Waals surface area (Å²) in [7, 11) is 3.21. The number of nitrogens with one attached hydrogen (secondary N) is 1. The largest absolute Gasteiger partial charge is 0.497 e. The van der Waals surface area contributed by atoms with Crippen molar-refractivity contribution in [3.8, 4) is 23.0 Å². The number of amides is 1. The van der Waals surface area contributed by atoms with Crippen LogP contribution in [0, 0.1) is 0 Å². The van der Waals surface area contributed by atoms with Crippen molar-refractivity contribution in [2.24, 2.45) is 0 Å². The number of hydrogen-bond donors (Lipinski definition) is 2. The van der Waals surface area contributed by atoms with E-state index in [1.807, 2.05) is 24.3 Å². The molecule has 0 radical (unpaired) electrons. The van der Waals surface area contributed by atoms with Crippen molar-refractivity contribution in [2.75, 3.05) is 27.4 Å². The van der Waals surface area contributed by atoms with Crippen LogP contribution in [0.15, 0.2) is 48.5 Å². The predicted octanol–water partition coefficient (Wildman–Crippen LogP) is 3.85. The van der Waals surface area contributed by atoms with Crippen LogP contribution in [0.25, 0.3) is 6.08 Å². The molecule has 2 aromatic carbocycles. The third-order valence-corrected chi connectivity index (χ3v) is 4.12. The number of carbonyl (C=O) groups excluding carboxylic acids is 1. The molecule has 0 heterocycles. The number of unbranched alkanes of at least 4 members (excludes halogenated alkanes) is 2. The van der Waals surface area contributed by atoms with E-state index in [0.717, 1.165) is 36.3 Å². The fourth-order valence-electron chi connectivity index (χ4n) is 2.53. The van der Waals surface area contributed by atoms with Crippen LogP contribution in [0.1, 0.15) is 24.8 Å².